The lowest BCUT2D eigenvalue weighted by Crippen LogP contribution is -2.20. The fourth-order valence-corrected chi connectivity index (χ4v) is 3.02. The molecule has 0 saturated carbocycles. The maximum absolute atomic E-state index is 13.3. The van der Waals surface area contributed by atoms with E-state index >= 15 is 0 Å². The number of fused-ring (bicyclic) bond motifs is 1. The molecule has 2 aromatic heterocycles. The molecule has 3 rings (SSSR count). The lowest BCUT2D eigenvalue weighted by Gasteiger charge is -2.09. The number of anilines is 1. The first-order valence-electron chi connectivity index (χ1n) is 7.01. The normalized spacial score (nSPS) is 12.3. The first-order valence-corrected chi connectivity index (χ1v) is 7.82. The van der Waals surface area contributed by atoms with Gasteiger partial charge in [-0.25, -0.2) is 14.4 Å². The van der Waals surface area contributed by atoms with E-state index < -0.39 is 5.82 Å². The first kappa shape index (κ1) is 15.5. The summed E-state index contributed by atoms with van der Waals surface area (Å²) in [6, 6.07) is 7.14. The van der Waals surface area contributed by atoms with E-state index in [2.05, 4.69) is 15.3 Å². The molecule has 3 aromatic rings. The lowest BCUT2D eigenvalue weighted by atomic mass is 10.1. The topological polar surface area (TPSA) is 75.1 Å². The van der Waals surface area contributed by atoms with E-state index in [9.17, 15) is 9.18 Å². The van der Waals surface area contributed by atoms with Gasteiger partial charge < -0.3 is 10.4 Å². The molecule has 0 bridgehead atoms. The van der Waals surface area contributed by atoms with Crippen LogP contribution in [0.5, 0.6) is 0 Å². The fraction of sp³-hybridized carbons (Fsp3) is 0.188. The second-order valence-corrected chi connectivity index (χ2v) is 6.16. The van der Waals surface area contributed by atoms with Gasteiger partial charge in [0.05, 0.1) is 11.5 Å². The second kappa shape index (κ2) is 6.39. The van der Waals surface area contributed by atoms with E-state index in [1.165, 1.54) is 29.5 Å². The van der Waals surface area contributed by atoms with Gasteiger partial charge in [0.2, 0.25) is 11.7 Å². The van der Waals surface area contributed by atoms with Crippen LogP contribution in [0.2, 0.25) is 0 Å². The van der Waals surface area contributed by atoms with Crippen LogP contribution in [-0.4, -0.2) is 33.5 Å². The number of aliphatic hydroxyl groups excluding tert-OH is 1. The molecule has 0 fully saturated rings. The molecular formula is C16H14FN3O2S. The molecule has 0 amide bonds. The molecule has 0 saturated heterocycles. The quantitative estimate of drug-likeness (QED) is 0.703. The van der Waals surface area contributed by atoms with Crippen molar-refractivity contribution < 1.29 is 14.3 Å². The summed E-state index contributed by atoms with van der Waals surface area (Å²) in [6.45, 7) is 1.77. The van der Waals surface area contributed by atoms with Crippen molar-refractivity contribution >= 4 is 33.3 Å². The van der Waals surface area contributed by atoms with Gasteiger partial charge in [0, 0.05) is 23.2 Å². The van der Waals surface area contributed by atoms with Crippen LogP contribution >= 0.6 is 11.3 Å². The number of nitrogens with one attached hydrogen (secondary N) is 1. The zero-order chi connectivity index (χ0) is 16.4. The number of halogens is 1. The van der Waals surface area contributed by atoms with Crippen molar-refractivity contribution in [2.45, 2.75) is 13.0 Å². The van der Waals surface area contributed by atoms with E-state index in [1.54, 1.807) is 25.3 Å². The number of rotatable bonds is 5. The molecule has 2 N–H and O–H groups in total. The molecule has 0 radical (unpaired) electrons. The summed E-state index contributed by atoms with van der Waals surface area (Å²) in [5.41, 5.74) is 0.303. The highest BCUT2D eigenvalue weighted by Crippen LogP contribution is 2.26. The van der Waals surface area contributed by atoms with Gasteiger partial charge in [0.25, 0.3) is 0 Å². The highest BCUT2D eigenvalue weighted by molar-refractivity contribution is 7.20. The maximum Gasteiger partial charge on any atom is 0.224 e. The molecule has 1 aromatic carbocycles. The predicted molar refractivity (Wildman–Crippen MR) is 87.4 cm³/mol. The van der Waals surface area contributed by atoms with Crippen molar-refractivity contribution in [1.82, 2.24) is 9.97 Å². The number of carbonyl (C=O) groups is 1. The van der Waals surface area contributed by atoms with E-state index in [1.807, 2.05) is 0 Å². The fourth-order valence-electron chi connectivity index (χ4n) is 2.05. The van der Waals surface area contributed by atoms with Crippen LogP contribution < -0.4 is 5.32 Å². The van der Waals surface area contributed by atoms with Crippen LogP contribution in [0.3, 0.4) is 0 Å². The standard InChI is InChI=1S/C16H14FN3O2S/c1-9(8-21)19-16-18-7-11-6-13(23-15(11)20-16)14(22)10-3-2-4-12(17)5-10/h2-7,9,21H,8H2,1H3,(H,18,19,20). The second-order valence-electron chi connectivity index (χ2n) is 5.13. The van der Waals surface area contributed by atoms with Gasteiger partial charge in [0.1, 0.15) is 10.6 Å². The van der Waals surface area contributed by atoms with Crippen LogP contribution in [0.15, 0.2) is 36.5 Å². The van der Waals surface area contributed by atoms with E-state index in [-0.39, 0.29) is 18.4 Å². The SMILES string of the molecule is CC(CO)Nc1ncc2cc(C(=O)c3cccc(F)c3)sc2n1. The number of benzene rings is 1. The van der Waals surface area contributed by atoms with Crippen LogP contribution in [0.4, 0.5) is 10.3 Å². The van der Waals surface area contributed by atoms with Crippen molar-refractivity contribution in [2.75, 3.05) is 11.9 Å². The highest BCUT2D eigenvalue weighted by Gasteiger charge is 2.15. The largest absolute Gasteiger partial charge is 0.394 e. The number of hydrogen-bond donors (Lipinski definition) is 2. The molecule has 1 atom stereocenters. The van der Waals surface area contributed by atoms with Gasteiger partial charge in [-0.05, 0) is 25.1 Å². The predicted octanol–water partition coefficient (Wildman–Crippen LogP) is 2.85. The Kier molecular flexibility index (Phi) is 4.31. The molecule has 5 nitrogen and oxygen atoms in total. The Bertz CT molecular complexity index is 865. The molecular weight excluding hydrogens is 317 g/mol. The summed E-state index contributed by atoms with van der Waals surface area (Å²) in [4.78, 5) is 22.1. The summed E-state index contributed by atoms with van der Waals surface area (Å²) in [6.07, 6.45) is 1.62. The van der Waals surface area contributed by atoms with Crippen LogP contribution in [-0.2, 0) is 0 Å². The average molecular weight is 331 g/mol. The highest BCUT2D eigenvalue weighted by atomic mass is 32.1. The smallest absolute Gasteiger partial charge is 0.224 e. The molecule has 118 valence electrons. The Labute approximate surface area is 135 Å². The number of thiophene rings is 1. The van der Waals surface area contributed by atoms with Gasteiger partial charge in [-0.2, -0.15) is 0 Å². The third kappa shape index (κ3) is 3.35. The summed E-state index contributed by atoms with van der Waals surface area (Å²) in [5.74, 6) is -0.294. The molecule has 0 spiro atoms. The Balaban J connectivity index is 1.92. The Morgan fingerprint density at radius 1 is 1.43 bits per heavy atom. The summed E-state index contributed by atoms with van der Waals surface area (Å²) in [7, 11) is 0. The molecule has 23 heavy (non-hydrogen) atoms. The van der Waals surface area contributed by atoms with Gasteiger partial charge in [-0.15, -0.1) is 11.3 Å². The number of ketones is 1. The monoisotopic (exact) mass is 331 g/mol. The minimum atomic E-state index is -0.443. The Morgan fingerprint density at radius 2 is 2.26 bits per heavy atom. The van der Waals surface area contributed by atoms with Crippen molar-refractivity contribution in [3.63, 3.8) is 0 Å². The number of carbonyl (C=O) groups excluding carboxylic acids is 1. The minimum Gasteiger partial charge on any atom is -0.394 e. The molecule has 1 unspecified atom stereocenters. The number of aromatic nitrogens is 2. The molecule has 2 heterocycles. The maximum atomic E-state index is 13.3. The van der Waals surface area contributed by atoms with Crippen LogP contribution in [0.1, 0.15) is 22.2 Å². The average Bonchev–Trinajstić information content (AvgIpc) is 2.97. The molecule has 0 aliphatic heterocycles. The first-order chi connectivity index (χ1) is 11.1. The number of hydrogen-bond acceptors (Lipinski definition) is 6. The number of aliphatic hydroxyl groups is 1. The zero-order valence-electron chi connectivity index (χ0n) is 12.3. The number of nitrogens with zero attached hydrogens (tertiary/aromatic N) is 2. The summed E-state index contributed by atoms with van der Waals surface area (Å²) < 4.78 is 13.3. The molecule has 0 aliphatic rings. The van der Waals surface area contributed by atoms with Gasteiger partial charge >= 0.3 is 0 Å². The molecule has 0 aliphatic carbocycles. The molecule has 7 heteroatoms. The van der Waals surface area contributed by atoms with Crippen molar-refractivity contribution in [3.05, 3.63) is 52.8 Å². The van der Waals surface area contributed by atoms with E-state index in [0.29, 0.717) is 21.2 Å². The third-order valence-corrected chi connectivity index (χ3v) is 4.28. The van der Waals surface area contributed by atoms with Gasteiger partial charge in [-0.1, -0.05) is 12.1 Å². The van der Waals surface area contributed by atoms with Crippen molar-refractivity contribution in [2.24, 2.45) is 0 Å². The lowest BCUT2D eigenvalue weighted by molar-refractivity contribution is 0.104. The Morgan fingerprint density at radius 3 is 3.00 bits per heavy atom. The van der Waals surface area contributed by atoms with E-state index in [0.717, 1.165) is 5.39 Å². The summed E-state index contributed by atoms with van der Waals surface area (Å²) >= 11 is 1.23. The van der Waals surface area contributed by atoms with Crippen molar-refractivity contribution in [1.29, 1.82) is 0 Å². The van der Waals surface area contributed by atoms with Crippen molar-refractivity contribution in [3.8, 4) is 0 Å². The van der Waals surface area contributed by atoms with Gasteiger partial charge in [0.15, 0.2) is 0 Å². The minimum absolute atomic E-state index is 0.0326. The van der Waals surface area contributed by atoms with Gasteiger partial charge in [-0.3, -0.25) is 4.79 Å². The summed E-state index contributed by atoms with van der Waals surface area (Å²) in [5, 5.41) is 12.8. The van der Waals surface area contributed by atoms with Crippen LogP contribution in [0.25, 0.3) is 10.2 Å². The Hall–Kier alpha value is -2.38. The zero-order valence-corrected chi connectivity index (χ0v) is 13.1. The van der Waals surface area contributed by atoms with E-state index in [4.69, 9.17) is 5.11 Å². The van der Waals surface area contributed by atoms with Crippen LogP contribution in [0, 0.1) is 5.82 Å². The third-order valence-electron chi connectivity index (χ3n) is 3.23.